The number of thiazole rings is 1. The summed E-state index contributed by atoms with van der Waals surface area (Å²) in [7, 11) is 0. The molecule has 2 aromatic heterocycles. The number of aromatic nitrogens is 2. The van der Waals surface area contributed by atoms with Crippen molar-refractivity contribution in [1.29, 1.82) is 0 Å². The van der Waals surface area contributed by atoms with Crippen molar-refractivity contribution in [2.45, 2.75) is 25.9 Å². The molecule has 0 fully saturated rings. The summed E-state index contributed by atoms with van der Waals surface area (Å²) >= 11 is 1.76. The Morgan fingerprint density at radius 3 is 2.50 bits per heavy atom. The Morgan fingerprint density at radius 1 is 1.00 bits per heavy atom. The van der Waals surface area contributed by atoms with Gasteiger partial charge in [-0.2, -0.15) is 0 Å². The van der Waals surface area contributed by atoms with Gasteiger partial charge in [0, 0.05) is 18.4 Å². The fourth-order valence-corrected chi connectivity index (χ4v) is 3.25. The van der Waals surface area contributed by atoms with Crippen molar-refractivity contribution >= 4 is 21.6 Å². The molecule has 0 saturated carbocycles. The van der Waals surface area contributed by atoms with E-state index in [0.717, 1.165) is 10.5 Å². The van der Waals surface area contributed by atoms with Crippen molar-refractivity contribution in [2.75, 3.05) is 0 Å². The Hall–Kier alpha value is -1.78. The van der Waals surface area contributed by atoms with Crippen molar-refractivity contribution in [2.24, 2.45) is 0 Å². The van der Waals surface area contributed by atoms with Crippen LogP contribution in [-0.4, -0.2) is 9.97 Å². The molecule has 1 N–H and O–H groups in total. The van der Waals surface area contributed by atoms with Crippen molar-refractivity contribution in [3.05, 3.63) is 59.4 Å². The zero-order valence-electron chi connectivity index (χ0n) is 11.6. The van der Waals surface area contributed by atoms with Gasteiger partial charge < -0.3 is 5.32 Å². The van der Waals surface area contributed by atoms with Gasteiger partial charge in [-0.15, -0.1) is 11.3 Å². The van der Waals surface area contributed by atoms with E-state index < -0.39 is 0 Å². The van der Waals surface area contributed by atoms with Crippen LogP contribution >= 0.6 is 11.3 Å². The van der Waals surface area contributed by atoms with Gasteiger partial charge in [0.05, 0.1) is 16.3 Å². The lowest BCUT2D eigenvalue weighted by molar-refractivity contribution is 0.493. The maximum atomic E-state index is 4.70. The standard InChI is InChI=1S/C16H17N3S/c1-11(13-7-9-17-10-8-13)18-12(2)16-19-14-5-3-4-6-15(14)20-16/h3-12,18H,1-2H3/t11-,12?/m0/s1. The summed E-state index contributed by atoms with van der Waals surface area (Å²) < 4.78 is 1.24. The summed E-state index contributed by atoms with van der Waals surface area (Å²) in [5.41, 5.74) is 2.32. The molecule has 1 aromatic carbocycles. The number of para-hydroxylation sites is 1. The van der Waals surface area contributed by atoms with Crippen LogP contribution in [0.3, 0.4) is 0 Å². The molecule has 102 valence electrons. The summed E-state index contributed by atoms with van der Waals surface area (Å²) in [5.74, 6) is 0. The van der Waals surface area contributed by atoms with E-state index in [0.29, 0.717) is 0 Å². The summed E-state index contributed by atoms with van der Waals surface area (Å²) in [6, 6.07) is 12.9. The highest BCUT2D eigenvalue weighted by molar-refractivity contribution is 7.18. The van der Waals surface area contributed by atoms with Gasteiger partial charge in [0.1, 0.15) is 5.01 Å². The molecule has 20 heavy (non-hydrogen) atoms. The monoisotopic (exact) mass is 283 g/mol. The Labute approximate surface area is 122 Å². The average Bonchev–Trinajstić information content (AvgIpc) is 2.92. The van der Waals surface area contributed by atoms with Crippen molar-refractivity contribution < 1.29 is 0 Å². The first-order chi connectivity index (χ1) is 9.74. The molecule has 2 atom stereocenters. The lowest BCUT2D eigenvalue weighted by Gasteiger charge is -2.18. The van der Waals surface area contributed by atoms with Crippen LogP contribution in [0.2, 0.25) is 0 Å². The van der Waals surface area contributed by atoms with Gasteiger partial charge in [-0.05, 0) is 43.7 Å². The molecule has 3 rings (SSSR count). The van der Waals surface area contributed by atoms with Gasteiger partial charge in [-0.25, -0.2) is 4.98 Å². The van der Waals surface area contributed by atoms with Crippen LogP contribution in [0.4, 0.5) is 0 Å². The molecule has 3 aromatic rings. The lowest BCUT2D eigenvalue weighted by atomic mass is 10.1. The fourth-order valence-electron chi connectivity index (χ4n) is 2.27. The van der Waals surface area contributed by atoms with Crippen LogP contribution in [0.15, 0.2) is 48.8 Å². The number of nitrogens with zero attached hydrogens (tertiary/aromatic N) is 2. The molecule has 0 saturated heterocycles. The Bertz CT molecular complexity index is 660. The zero-order chi connectivity index (χ0) is 13.9. The molecule has 0 aliphatic carbocycles. The first-order valence-corrected chi connectivity index (χ1v) is 7.57. The number of benzene rings is 1. The van der Waals surface area contributed by atoms with Crippen LogP contribution < -0.4 is 5.32 Å². The van der Waals surface area contributed by atoms with Crippen LogP contribution in [0.25, 0.3) is 10.2 Å². The van der Waals surface area contributed by atoms with Crippen LogP contribution in [0, 0.1) is 0 Å². The average molecular weight is 283 g/mol. The van der Waals surface area contributed by atoms with E-state index in [1.54, 1.807) is 11.3 Å². The van der Waals surface area contributed by atoms with Gasteiger partial charge in [-0.3, -0.25) is 4.98 Å². The van der Waals surface area contributed by atoms with Crippen molar-refractivity contribution in [3.63, 3.8) is 0 Å². The van der Waals surface area contributed by atoms with Gasteiger partial charge >= 0.3 is 0 Å². The lowest BCUT2D eigenvalue weighted by Crippen LogP contribution is -2.22. The van der Waals surface area contributed by atoms with Crippen molar-refractivity contribution in [1.82, 2.24) is 15.3 Å². The summed E-state index contributed by atoms with van der Waals surface area (Å²) in [6.45, 7) is 4.33. The molecular weight excluding hydrogens is 266 g/mol. The quantitative estimate of drug-likeness (QED) is 0.783. The molecule has 4 heteroatoms. The van der Waals surface area contributed by atoms with Gasteiger partial charge in [-0.1, -0.05) is 12.1 Å². The number of fused-ring (bicyclic) bond motifs is 1. The third-order valence-corrected chi connectivity index (χ3v) is 4.61. The minimum Gasteiger partial charge on any atom is -0.302 e. The molecule has 3 nitrogen and oxygen atoms in total. The maximum absolute atomic E-state index is 4.70. The van der Waals surface area contributed by atoms with E-state index in [1.807, 2.05) is 30.6 Å². The topological polar surface area (TPSA) is 37.8 Å². The smallest absolute Gasteiger partial charge is 0.111 e. The second-order valence-electron chi connectivity index (χ2n) is 4.91. The summed E-state index contributed by atoms with van der Waals surface area (Å²) in [5, 5.41) is 4.73. The molecule has 0 bridgehead atoms. The minimum absolute atomic E-state index is 0.232. The first-order valence-electron chi connectivity index (χ1n) is 6.75. The van der Waals surface area contributed by atoms with Crippen molar-refractivity contribution in [3.8, 4) is 0 Å². The molecule has 0 aliphatic rings. The molecule has 0 amide bonds. The molecule has 1 unspecified atom stereocenters. The predicted octanol–water partition coefficient (Wildman–Crippen LogP) is 4.10. The largest absolute Gasteiger partial charge is 0.302 e. The number of hydrogen-bond donors (Lipinski definition) is 1. The van der Waals surface area contributed by atoms with E-state index in [-0.39, 0.29) is 12.1 Å². The first kappa shape index (κ1) is 13.2. The van der Waals surface area contributed by atoms with E-state index in [2.05, 4.69) is 42.3 Å². The number of nitrogens with one attached hydrogen (secondary N) is 1. The highest BCUT2D eigenvalue weighted by Gasteiger charge is 2.14. The minimum atomic E-state index is 0.232. The Balaban J connectivity index is 1.77. The molecule has 0 aliphatic heterocycles. The summed E-state index contributed by atoms with van der Waals surface area (Å²) in [4.78, 5) is 8.76. The Morgan fingerprint density at radius 2 is 1.75 bits per heavy atom. The van der Waals surface area contributed by atoms with E-state index in [9.17, 15) is 0 Å². The second-order valence-corrected chi connectivity index (χ2v) is 5.97. The molecule has 0 radical (unpaired) electrons. The fraction of sp³-hybridized carbons (Fsp3) is 0.250. The van der Waals surface area contributed by atoms with Gasteiger partial charge in [0.25, 0.3) is 0 Å². The van der Waals surface area contributed by atoms with Gasteiger partial charge in [0.15, 0.2) is 0 Å². The number of hydrogen-bond acceptors (Lipinski definition) is 4. The number of pyridine rings is 1. The maximum Gasteiger partial charge on any atom is 0.111 e. The van der Waals surface area contributed by atoms with E-state index in [4.69, 9.17) is 4.98 Å². The van der Waals surface area contributed by atoms with Gasteiger partial charge in [0.2, 0.25) is 0 Å². The third kappa shape index (κ3) is 2.71. The molecule has 2 heterocycles. The predicted molar refractivity (Wildman–Crippen MR) is 83.8 cm³/mol. The summed E-state index contributed by atoms with van der Waals surface area (Å²) in [6.07, 6.45) is 3.66. The van der Waals surface area contributed by atoms with E-state index in [1.165, 1.54) is 10.3 Å². The zero-order valence-corrected chi connectivity index (χ0v) is 12.4. The van der Waals surface area contributed by atoms with Crippen LogP contribution in [0.1, 0.15) is 36.5 Å². The highest BCUT2D eigenvalue weighted by Crippen LogP contribution is 2.27. The molecular formula is C16H17N3S. The number of rotatable bonds is 4. The van der Waals surface area contributed by atoms with E-state index >= 15 is 0 Å². The molecule has 0 spiro atoms. The Kier molecular flexibility index (Phi) is 3.76. The second kappa shape index (κ2) is 5.69. The third-order valence-electron chi connectivity index (χ3n) is 3.39. The highest BCUT2D eigenvalue weighted by atomic mass is 32.1. The van der Waals surface area contributed by atoms with Crippen LogP contribution in [-0.2, 0) is 0 Å². The SMILES string of the molecule is CC(N[C@@H](C)c1ccncc1)c1nc2ccccc2s1. The van der Waals surface area contributed by atoms with Crippen LogP contribution in [0.5, 0.6) is 0 Å². The normalized spacial score (nSPS) is 14.3.